The number of rotatable bonds is 0. The summed E-state index contributed by atoms with van der Waals surface area (Å²) in [5, 5.41) is 0. The molecule has 0 saturated carbocycles. The number of hydrogen-bond acceptors (Lipinski definition) is 2. The van der Waals surface area contributed by atoms with E-state index in [0.717, 1.165) is 19.4 Å². The quantitative estimate of drug-likeness (QED) is 0.480. The Morgan fingerprint density at radius 3 is 3.20 bits per heavy atom. The highest BCUT2D eigenvalue weighted by Gasteiger charge is 2.10. The van der Waals surface area contributed by atoms with E-state index in [4.69, 9.17) is 0 Å². The van der Waals surface area contributed by atoms with Gasteiger partial charge in [0.05, 0.1) is 6.54 Å². The fourth-order valence-corrected chi connectivity index (χ4v) is 1.34. The van der Waals surface area contributed by atoms with Crippen LogP contribution in [0.1, 0.15) is 19.3 Å². The number of dihydropyridines is 1. The van der Waals surface area contributed by atoms with Crippen molar-refractivity contribution >= 4 is 12.4 Å². The Bertz CT molecular complexity index is 223. The van der Waals surface area contributed by atoms with Gasteiger partial charge in [-0.3, -0.25) is 9.98 Å². The summed E-state index contributed by atoms with van der Waals surface area (Å²) in [4.78, 5) is 8.52. The van der Waals surface area contributed by atoms with Crippen LogP contribution >= 0.6 is 0 Å². The number of aliphatic imine (C=N–C) groups is 2. The van der Waals surface area contributed by atoms with Crippen molar-refractivity contribution in [2.24, 2.45) is 9.98 Å². The van der Waals surface area contributed by atoms with Crippen molar-refractivity contribution in [3.63, 3.8) is 0 Å². The molecule has 2 rings (SSSR count). The van der Waals surface area contributed by atoms with Gasteiger partial charge in [-0.2, -0.15) is 0 Å². The lowest BCUT2D eigenvalue weighted by molar-refractivity contribution is 0.878. The Balaban J connectivity index is 2.25. The minimum absolute atomic E-state index is 0.896. The predicted octanol–water partition coefficient (Wildman–Crippen LogP) is 1.58. The van der Waals surface area contributed by atoms with Crippen LogP contribution in [-0.2, 0) is 0 Å². The summed E-state index contributed by atoms with van der Waals surface area (Å²) in [6.45, 7) is 0.896. The van der Waals surface area contributed by atoms with Gasteiger partial charge in [0.15, 0.2) is 0 Å². The first-order chi connectivity index (χ1) is 4.97. The van der Waals surface area contributed by atoms with Gasteiger partial charge in [-0.15, -0.1) is 0 Å². The molecule has 0 aromatic heterocycles. The lowest BCUT2D eigenvalue weighted by Crippen LogP contribution is -2.05. The van der Waals surface area contributed by atoms with Gasteiger partial charge in [0.2, 0.25) is 0 Å². The first kappa shape index (κ1) is 5.83. The van der Waals surface area contributed by atoms with Gasteiger partial charge in [0, 0.05) is 24.5 Å². The summed E-state index contributed by atoms with van der Waals surface area (Å²) in [5.41, 5.74) is 2.71. The van der Waals surface area contributed by atoms with E-state index in [1.807, 2.05) is 12.4 Å². The van der Waals surface area contributed by atoms with Gasteiger partial charge in [-0.25, -0.2) is 0 Å². The highest BCUT2D eigenvalue weighted by molar-refractivity contribution is 5.69. The van der Waals surface area contributed by atoms with Gasteiger partial charge < -0.3 is 0 Å². The van der Waals surface area contributed by atoms with Crippen LogP contribution in [0.25, 0.3) is 0 Å². The molecular formula is C8H10N2. The van der Waals surface area contributed by atoms with Crippen LogP contribution in [0.3, 0.4) is 0 Å². The van der Waals surface area contributed by atoms with Crippen LogP contribution in [0.2, 0.25) is 0 Å². The maximum Gasteiger partial charge on any atom is 0.0616 e. The molecule has 0 amide bonds. The zero-order chi connectivity index (χ0) is 6.81. The average molecular weight is 134 g/mol. The standard InChI is InChI=1S/C8H10N2/c1-2-7-6-9-5-3-8(7)10-4-1/h4-5H,1-3,6H2. The van der Waals surface area contributed by atoms with E-state index >= 15 is 0 Å². The average Bonchev–Trinajstić information content (AvgIpc) is 2.05. The molecular weight excluding hydrogens is 124 g/mol. The van der Waals surface area contributed by atoms with Crippen molar-refractivity contribution in [1.29, 1.82) is 0 Å². The van der Waals surface area contributed by atoms with E-state index in [1.165, 1.54) is 17.7 Å². The van der Waals surface area contributed by atoms with E-state index < -0.39 is 0 Å². The molecule has 0 spiro atoms. The third-order valence-electron chi connectivity index (χ3n) is 1.93. The lowest BCUT2D eigenvalue weighted by atomic mass is 10.0. The molecule has 10 heavy (non-hydrogen) atoms. The molecule has 0 fully saturated rings. The van der Waals surface area contributed by atoms with Crippen molar-refractivity contribution in [2.75, 3.05) is 6.54 Å². The van der Waals surface area contributed by atoms with Gasteiger partial charge in [0.1, 0.15) is 0 Å². The molecule has 0 aromatic rings. The number of allylic oxidation sites excluding steroid dienone is 1. The third-order valence-corrected chi connectivity index (χ3v) is 1.93. The highest BCUT2D eigenvalue weighted by Crippen LogP contribution is 2.21. The zero-order valence-corrected chi connectivity index (χ0v) is 5.88. The molecule has 2 heterocycles. The van der Waals surface area contributed by atoms with E-state index in [2.05, 4.69) is 9.98 Å². The second kappa shape index (κ2) is 2.37. The maximum atomic E-state index is 4.31. The van der Waals surface area contributed by atoms with Crippen molar-refractivity contribution in [1.82, 2.24) is 0 Å². The van der Waals surface area contributed by atoms with Crippen LogP contribution in [0, 0.1) is 0 Å². The van der Waals surface area contributed by atoms with Gasteiger partial charge >= 0.3 is 0 Å². The van der Waals surface area contributed by atoms with Gasteiger partial charge in [-0.1, -0.05) is 0 Å². The predicted molar refractivity (Wildman–Crippen MR) is 42.7 cm³/mol. The Kier molecular flexibility index (Phi) is 1.38. The highest BCUT2D eigenvalue weighted by atomic mass is 14.8. The van der Waals surface area contributed by atoms with E-state index in [0.29, 0.717) is 0 Å². The molecule has 0 bridgehead atoms. The molecule has 2 aliphatic heterocycles. The third kappa shape index (κ3) is 0.897. The molecule has 2 heteroatoms. The number of nitrogens with zero attached hydrogens (tertiary/aromatic N) is 2. The van der Waals surface area contributed by atoms with Crippen LogP contribution in [0.15, 0.2) is 21.3 Å². The van der Waals surface area contributed by atoms with Crippen molar-refractivity contribution < 1.29 is 0 Å². The molecule has 52 valence electrons. The Labute approximate surface area is 60.4 Å². The van der Waals surface area contributed by atoms with Gasteiger partial charge in [-0.05, 0) is 18.4 Å². The van der Waals surface area contributed by atoms with Crippen molar-refractivity contribution in [2.45, 2.75) is 19.3 Å². The molecule has 0 aromatic carbocycles. The Morgan fingerprint density at radius 1 is 1.30 bits per heavy atom. The summed E-state index contributed by atoms with van der Waals surface area (Å²) in [7, 11) is 0. The molecule has 0 radical (unpaired) electrons. The topological polar surface area (TPSA) is 24.7 Å². The van der Waals surface area contributed by atoms with E-state index in [9.17, 15) is 0 Å². The SMILES string of the molecule is C1=NCC2=C(C1)N=CCC2. The molecule has 0 unspecified atom stereocenters. The fourth-order valence-electron chi connectivity index (χ4n) is 1.34. The minimum atomic E-state index is 0.896. The summed E-state index contributed by atoms with van der Waals surface area (Å²) in [6, 6.07) is 0. The Hall–Kier alpha value is -0.920. The monoisotopic (exact) mass is 134 g/mol. The molecule has 2 aliphatic rings. The molecule has 2 nitrogen and oxygen atoms in total. The lowest BCUT2D eigenvalue weighted by Gasteiger charge is -2.14. The molecule has 0 saturated heterocycles. The normalized spacial score (nSPS) is 23.2. The summed E-state index contributed by atoms with van der Waals surface area (Å²) in [5.74, 6) is 0. The maximum absolute atomic E-state index is 4.31. The van der Waals surface area contributed by atoms with Crippen molar-refractivity contribution in [3.8, 4) is 0 Å². The number of hydrogen-bond donors (Lipinski definition) is 0. The second-order valence-corrected chi connectivity index (χ2v) is 2.63. The second-order valence-electron chi connectivity index (χ2n) is 2.63. The molecule has 0 aliphatic carbocycles. The van der Waals surface area contributed by atoms with Crippen LogP contribution in [0.4, 0.5) is 0 Å². The first-order valence-electron chi connectivity index (χ1n) is 3.68. The smallest absolute Gasteiger partial charge is 0.0616 e. The molecule has 0 N–H and O–H groups in total. The van der Waals surface area contributed by atoms with Crippen LogP contribution < -0.4 is 0 Å². The van der Waals surface area contributed by atoms with E-state index in [-0.39, 0.29) is 0 Å². The van der Waals surface area contributed by atoms with E-state index in [1.54, 1.807) is 0 Å². The summed E-state index contributed by atoms with van der Waals surface area (Å²) in [6.07, 6.45) is 7.20. The van der Waals surface area contributed by atoms with Crippen LogP contribution in [-0.4, -0.2) is 19.0 Å². The first-order valence-corrected chi connectivity index (χ1v) is 3.68. The van der Waals surface area contributed by atoms with Crippen LogP contribution in [0.5, 0.6) is 0 Å². The fraction of sp³-hybridized carbons (Fsp3) is 0.500. The van der Waals surface area contributed by atoms with Gasteiger partial charge in [0.25, 0.3) is 0 Å². The zero-order valence-electron chi connectivity index (χ0n) is 5.88. The Morgan fingerprint density at radius 2 is 2.30 bits per heavy atom. The minimum Gasteiger partial charge on any atom is -0.293 e. The largest absolute Gasteiger partial charge is 0.293 e. The summed E-state index contributed by atoms with van der Waals surface area (Å²) >= 11 is 0. The summed E-state index contributed by atoms with van der Waals surface area (Å²) < 4.78 is 0. The van der Waals surface area contributed by atoms with Crippen molar-refractivity contribution in [3.05, 3.63) is 11.3 Å². The molecule has 0 atom stereocenters.